The minimum Gasteiger partial charge on any atom is -0.508 e. The van der Waals surface area contributed by atoms with Gasteiger partial charge in [0, 0.05) is 6.42 Å². The summed E-state index contributed by atoms with van der Waals surface area (Å²) in [4.78, 5) is 8.56. The predicted molar refractivity (Wildman–Crippen MR) is 86.6 cm³/mol. The molecule has 2 aromatic carbocycles. The second-order valence-electron chi connectivity index (χ2n) is 4.96. The van der Waals surface area contributed by atoms with Crippen LogP contribution in [0.15, 0.2) is 48.5 Å². The minimum absolute atomic E-state index is 0.391. The molecule has 22 heavy (non-hydrogen) atoms. The van der Waals surface area contributed by atoms with E-state index in [1.807, 2.05) is 18.2 Å². The smallest absolute Gasteiger partial charge is 0.503 e. The lowest BCUT2D eigenvalue weighted by atomic mass is 9.96. The van der Waals surface area contributed by atoms with Crippen LogP contribution in [0.25, 0.3) is 0 Å². The van der Waals surface area contributed by atoms with Gasteiger partial charge in [-0.15, -0.1) is 0 Å². The number of aryl methyl sites for hydroxylation is 1. The van der Waals surface area contributed by atoms with Crippen LogP contribution in [-0.2, 0) is 12.8 Å². The zero-order valence-corrected chi connectivity index (χ0v) is 12.7. The second kappa shape index (κ2) is 9.45. The van der Waals surface area contributed by atoms with Crippen molar-refractivity contribution in [1.29, 1.82) is 0 Å². The molecule has 0 aromatic heterocycles. The van der Waals surface area contributed by atoms with Gasteiger partial charge in [0.2, 0.25) is 0 Å². The summed E-state index contributed by atoms with van der Waals surface area (Å²) in [6, 6.07) is 16.1. The van der Waals surface area contributed by atoms with Gasteiger partial charge in [0.05, 0.1) is 0 Å². The Kier molecular flexibility index (Phi) is 7.54. The molecular formula is C18H22O4. The van der Waals surface area contributed by atoms with Gasteiger partial charge in [-0.1, -0.05) is 55.8 Å². The van der Waals surface area contributed by atoms with Crippen molar-refractivity contribution >= 4 is 6.16 Å². The van der Waals surface area contributed by atoms with Gasteiger partial charge >= 0.3 is 6.16 Å². The van der Waals surface area contributed by atoms with Gasteiger partial charge in [-0.25, -0.2) is 4.79 Å². The summed E-state index contributed by atoms with van der Waals surface area (Å²) in [7, 11) is 0. The lowest BCUT2D eigenvalue weighted by Gasteiger charge is -2.10. The molecule has 0 saturated heterocycles. The normalized spacial score (nSPS) is 9.68. The van der Waals surface area contributed by atoms with E-state index in [-0.39, 0.29) is 0 Å². The summed E-state index contributed by atoms with van der Waals surface area (Å²) < 4.78 is 0. The van der Waals surface area contributed by atoms with Crippen molar-refractivity contribution in [3.8, 4) is 5.75 Å². The molecule has 0 unspecified atom stereocenters. The van der Waals surface area contributed by atoms with E-state index in [1.165, 1.54) is 24.0 Å². The summed E-state index contributed by atoms with van der Waals surface area (Å²) in [6.07, 6.45) is 2.54. The Hall–Kier alpha value is -2.49. The van der Waals surface area contributed by atoms with Crippen LogP contribution in [0.1, 0.15) is 36.5 Å². The third-order valence-electron chi connectivity index (χ3n) is 3.29. The third-order valence-corrected chi connectivity index (χ3v) is 3.29. The maximum atomic E-state index is 9.84. The van der Waals surface area contributed by atoms with Gasteiger partial charge in [0.15, 0.2) is 0 Å². The van der Waals surface area contributed by atoms with Crippen LogP contribution in [-0.4, -0.2) is 21.5 Å². The predicted octanol–water partition coefficient (Wildman–Crippen LogP) is 4.55. The zero-order chi connectivity index (χ0) is 16.4. The number of phenolic OH excluding ortho intramolecular Hbond substituents is 1. The lowest BCUT2D eigenvalue weighted by Crippen LogP contribution is -1.96. The SMILES string of the molecule is CCCCc1ccccc1Cc1ccccc1O.O=C(O)O. The Morgan fingerprint density at radius 3 is 1.95 bits per heavy atom. The van der Waals surface area contributed by atoms with Gasteiger partial charge in [0.25, 0.3) is 0 Å². The third kappa shape index (κ3) is 6.31. The van der Waals surface area contributed by atoms with Crippen molar-refractivity contribution in [2.75, 3.05) is 0 Å². The number of phenols is 1. The van der Waals surface area contributed by atoms with E-state index in [2.05, 4.69) is 31.2 Å². The number of aromatic hydroxyl groups is 1. The summed E-state index contributed by atoms with van der Waals surface area (Å²) in [6.45, 7) is 2.21. The molecule has 0 heterocycles. The molecule has 0 fully saturated rings. The highest BCUT2D eigenvalue weighted by Gasteiger charge is 2.05. The molecule has 0 radical (unpaired) electrons. The lowest BCUT2D eigenvalue weighted by molar-refractivity contribution is 0.137. The van der Waals surface area contributed by atoms with E-state index < -0.39 is 6.16 Å². The summed E-state index contributed by atoms with van der Waals surface area (Å²) in [5.74, 6) is 0.391. The summed E-state index contributed by atoms with van der Waals surface area (Å²) in [5, 5.41) is 23.8. The maximum Gasteiger partial charge on any atom is 0.503 e. The molecule has 0 atom stereocenters. The van der Waals surface area contributed by atoms with Crippen molar-refractivity contribution in [3.05, 3.63) is 65.2 Å². The monoisotopic (exact) mass is 302 g/mol. The molecule has 4 nitrogen and oxygen atoms in total. The van der Waals surface area contributed by atoms with E-state index in [0.29, 0.717) is 5.75 Å². The number of unbranched alkanes of at least 4 members (excludes halogenated alkanes) is 1. The number of carboxylic acid groups (broad SMARTS) is 2. The Labute approximate surface area is 130 Å². The molecule has 0 aliphatic carbocycles. The maximum absolute atomic E-state index is 9.84. The van der Waals surface area contributed by atoms with E-state index in [9.17, 15) is 5.11 Å². The quantitative estimate of drug-likeness (QED) is 0.757. The number of benzene rings is 2. The van der Waals surface area contributed by atoms with Crippen LogP contribution >= 0.6 is 0 Å². The fourth-order valence-electron chi connectivity index (χ4n) is 2.21. The van der Waals surface area contributed by atoms with Gasteiger partial charge < -0.3 is 15.3 Å². The highest BCUT2D eigenvalue weighted by molar-refractivity contribution is 5.53. The average molecular weight is 302 g/mol. The Morgan fingerprint density at radius 1 is 0.909 bits per heavy atom. The fraction of sp³-hybridized carbons (Fsp3) is 0.278. The van der Waals surface area contributed by atoms with E-state index in [4.69, 9.17) is 15.0 Å². The first-order chi connectivity index (χ1) is 10.5. The van der Waals surface area contributed by atoms with Crippen LogP contribution in [0.2, 0.25) is 0 Å². The molecule has 0 saturated carbocycles. The van der Waals surface area contributed by atoms with Crippen molar-refractivity contribution in [2.45, 2.75) is 32.6 Å². The largest absolute Gasteiger partial charge is 0.508 e. The fourth-order valence-corrected chi connectivity index (χ4v) is 2.21. The Bertz CT molecular complexity index is 589. The second-order valence-corrected chi connectivity index (χ2v) is 4.96. The van der Waals surface area contributed by atoms with Crippen LogP contribution in [0.4, 0.5) is 4.79 Å². The van der Waals surface area contributed by atoms with Crippen molar-refractivity contribution in [1.82, 2.24) is 0 Å². The van der Waals surface area contributed by atoms with Crippen molar-refractivity contribution < 1.29 is 20.1 Å². The highest BCUT2D eigenvalue weighted by Crippen LogP contribution is 2.22. The topological polar surface area (TPSA) is 77.8 Å². The molecule has 2 aromatic rings. The highest BCUT2D eigenvalue weighted by atomic mass is 16.6. The number of carbonyl (C=O) groups is 1. The number of hydrogen-bond acceptors (Lipinski definition) is 2. The van der Waals surface area contributed by atoms with Gasteiger partial charge in [0.1, 0.15) is 5.75 Å². The first-order valence-electron chi connectivity index (χ1n) is 7.30. The van der Waals surface area contributed by atoms with Crippen LogP contribution < -0.4 is 0 Å². The van der Waals surface area contributed by atoms with Crippen molar-refractivity contribution in [2.24, 2.45) is 0 Å². The van der Waals surface area contributed by atoms with Crippen molar-refractivity contribution in [3.63, 3.8) is 0 Å². The standard InChI is InChI=1S/C17H20O.CH2O3/c1-2-3-8-14-9-4-5-10-15(14)13-16-11-6-7-12-17(16)18;2-1(3)4/h4-7,9-12,18H,2-3,8,13H2,1H3;(H2,2,3,4). The molecule has 0 bridgehead atoms. The minimum atomic E-state index is -1.83. The Morgan fingerprint density at radius 2 is 1.41 bits per heavy atom. The van der Waals surface area contributed by atoms with Crippen LogP contribution in [0, 0.1) is 0 Å². The Balaban J connectivity index is 0.000000541. The van der Waals surface area contributed by atoms with E-state index >= 15 is 0 Å². The molecule has 0 spiro atoms. The molecule has 118 valence electrons. The number of hydrogen-bond donors (Lipinski definition) is 3. The summed E-state index contributed by atoms with van der Waals surface area (Å²) in [5.41, 5.74) is 3.73. The molecule has 2 rings (SSSR count). The van der Waals surface area contributed by atoms with Gasteiger partial charge in [-0.05, 0) is 35.6 Å². The van der Waals surface area contributed by atoms with Gasteiger partial charge in [-0.3, -0.25) is 0 Å². The molecule has 4 heteroatoms. The first kappa shape index (κ1) is 17.6. The zero-order valence-electron chi connectivity index (χ0n) is 12.7. The van der Waals surface area contributed by atoms with Gasteiger partial charge in [-0.2, -0.15) is 0 Å². The van der Waals surface area contributed by atoms with E-state index in [1.54, 1.807) is 6.07 Å². The molecule has 3 N–H and O–H groups in total. The number of rotatable bonds is 5. The van der Waals surface area contributed by atoms with E-state index in [0.717, 1.165) is 18.4 Å². The molecule has 0 aliphatic heterocycles. The van der Waals surface area contributed by atoms with Crippen LogP contribution in [0.5, 0.6) is 5.75 Å². The van der Waals surface area contributed by atoms with Crippen LogP contribution in [0.3, 0.4) is 0 Å². The molecule has 0 amide bonds. The molecule has 0 aliphatic rings. The molecular weight excluding hydrogens is 280 g/mol. The number of para-hydroxylation sites is 1. The summed E-state index contributed by atoms with van der Waals surface area (Å²) >= 11 is 0. The average Bonchev–Trinajstić information content (AvgIpc) is 2.48. The first-order valence-corrected chi connectivity index (χ1v) is 7.30.